The first-order chi connectivity index (χ1) is 13.4. The van der Waals surface area contributed by atoms with Gasteiger partial charge in [0.05, 0.1) is 0 Å². The van der Waals surface area contributed by atoms with Gasteiger partial charge in [0.1, 0.15) is 0 Å². The van der Waals surface area contributed by atoms with Crippen LogP contribution in [0, 0.1) is 0 Å². The summed E-state index contributed by atoms with van der Waals surface area (Å²) in [7, 11) is 3.05. The molecule has 0 fully saturated rings. The first kappa shape index (κ1) is 25.5. The first-order valence-electron chi connectivity index (χ1n) is 10.6. The van der Waals surface area contributed by atoms with E-state index in [1.807, 2.05) is 6.07 Å². The third-order valence-corrected chi connectivity index (χ3v) is 22.1. The van der Waals surface area contributed by atoms with Crippen molar-refractivity contribution in [1.82, 2.24) is 0 Å². The van der Waals surface area contributed by atoms with Crippen LogP contribution in [0.15, 0.2) is 23.2 Å². The van der Waals surface area contributed by atoms with E-state index in [4.69, 9.17) is 9.47 Å². The van der Waals surface area contributed by atoms with Crippen LogP contribution >= 0.6 is 15.9 Å². The van der Waals surface area contributed by atoms with Gasteiger partial charge in [-0.25, -0.2) is 0 Å². The zero-order valence-corrected chi connectivity index (χ0v) is 22.8. The SMILES string of the molecule is C=[C](c1cc(C(=O)OC)cc(OC)c1Br)[Sn]([CH2]CCC)([CH2]CCC)[CH2]CCC. The number of esters is 1. The van der Waals surface area contributed by atoms with Gasteiger partial charge >= 0.3 is 185 Å². The Morgan fingerprint density at radius 3 is 1.89 bits per heavy atom. The number of methoxy groups -OCH3 is 2. The van der Waals surface area contributed by atoms with Gasteiger partial charge in [-0.2, -0.15) is 0 Å². The number of rotatable bonds is 13. The summed E-state index contributed by atoms with van der Waals surface area (Å²) >= 11 is 1.04. The van der Waals surface area contributed by atoms with Gasteiger partial charge in [-0.15, -0.1) is 0 Å². The quantitative estimate of drug-likeness (QED) is 0.184. The summed E-state index contributed by atoms with van der Waals surface area (Å²) in [4.78, 5) is 12.2. The second-order valence-corrected chi connectivity index (χ2v) is 21.7. The van der Waals surface area contributed by atoms with Crippen molar-refractivity contribution < 1.29 is 14.3 Å². The number of benzene rings is 1. The summed E-state index contributed by atoms with van der Waals surface area (Å²) < 4.78 is 16.8. The molecule has 0 radical (unpaired) electrons. The Kier molecular flexibility index (Phi) is 11.8. The number of halogens is 1. The van der Waals surface area contributed by atoms with Crippen molar-refractivity contribution in [2.75, 3.05) is 14.2 Å². The van der Waals surface area contributed by atoms with E-state index < -0.39 is 18.4 Å². The summed E-state index contributed by atoms with van der Waals surface area (Å²) in [6.45, 7) is 11.5. The predicted octanol–water partition coefficient (Wildman–Crippen LogP) is 7.65. The van der Waals surface area contributed by atoms with Gasteiger partial charge < -0.3 is 0 Å². The van der Waals surface area contributed by atoms with E-state index in [1.165, 1.54) is 62.5 Å². The van der Waals surface area contributed by atoms with Crippen LogP contribution in [-0.4, -0.2) is 38.6 Å². The number of hydrogen-bond donors (Lipinski definition) is 0. The predicted molar refractivity (Wildman–Crippen MR) is 126 cm³/mol. The summed E-state index contributed by atoms with van der Waals surface area (Å²) in [6, 6.07) is 3.70. The molecule has 0 spiro atoms. The standard InChI is InChI=1S/C11H10BrO3.3C4H9.Sn/c1-4-7-5-8(11(13)15-3)6-9(14-2)10(7)12;3*1-3-4-2;/h5-6H,1H2,2-3H3;3*1,3-4H2,2H3;. The van der Waals surface area contributed by atoms with Crippen LogP contribution in [-0.2, 0) is 4.74 Å². The van der Waals surface area contributed by atoms with Crippen molar-refractivity contribution in [3.8, 4) is 5.75 Å². The van der Waals surface area contributed by atoms with E-state index in [-0.39, 0.29) is 5.97 Å². The number of carbonyl (C=O) groups excluding carboxylic acids is 1. The van der Waals surface area contributed by atoms with E-state index in [9.17, 15) is 4.79 Å². The first-order valence-corrected chi connectivity index (χ1v) is 18.8. The average Bonchev–Trinajstić information content (AvgIpc) is 2.72. The number of carbonyl (C=O) groups is 1. The Bertz CT molecular complexity index is 636. The Morgan fingerprint density at radius 1 is 1.00 bits per heavy atom. The molecule has 1 aromatic carbocycles. The Hall–Kier alpha value is -0.491. The number of ether oxygens (including phenoxy) is 2. The summed E-state index contributed by atoms with van der Waals surface area (Å²) in [6.07, 6.45) is 7.47. The molecular formula is C23H37BrO3Sn. The molecule has 0 amide bonds. The maximum atomic E-state index is 12.2. The van der Waals surface area contributed by atoms with Crippen LogP contribution in [0.4, 0.5) is 0 Å². The van der Waals surface area contributed by atoms with Crippen LogP contribution in [0.2, 0.25) is 13.3 Å². The molecule has 0 aromatic heterocycles. The topological polar surface area (TPSA) is 35.5 Å². The molecule has 0 saturated heterocycles. The molecule has 0 N–H and O–H groups in total. The molecule has 0 atom stereocenters. The van der Waals surface area contributed by atoms with E-state index >= 15 is 0 Å². The minimum atomic E-state index is -2.70. The molecule has 158 valence electrons. The van der Waals surface area contributed by atoms with Crippen LogP contribution in [0.3, 0.4) is 0 Å². The fourth-order valence-electron chi connectivity index (χ4n) is 3.86. The maximum absolute atomic E-state index is 12.2. The molecular weight excluding hydrogens is 523 g/mol. The van der Waals surface area contributed by atoms with Gasteiger partial charge in [0.25, 0.3) is 0 Å². The van der Waals surface area contributed by atoms with E-state index in [2.05, 4.69) is 43.3 Å². The summed E-state index contributed by atoms with van der Waals surface area (Å²) in [5.74, 6) is 0.331. The molecule has 5 heteroatoms. The van der Waals surface area contributed by atoms with Gasteiger partial charge in [-0.05, 0) is 0 Å². The number of unbranched alkanes of at least 4 members (excludes halogenated alkanes) is 3. The molecule has 0 heterocycles. The molecule has 28 heavy (non-hydrogen) atoms. The van der Waals surface area contributed by atoms with Crippen LogP contribution in [0.5, 0.6) is 5.75 Å². The third kappa shape index (κ3) is 6.51. The van der Waals surface area contributed by atoms with Crippen LogP contribution in [0.1, 0.15) is 75.2 Å². The van der Waals surface area contributed by atoms with E-state index in [0.29, 0.717) is 11.3 Å². The van der Waals surface area contributed by atoms with Crippen molar-refractivity contribution in [1.29, 1.82) is 0 Å². The monoisotopic (exact) mass is 560 g/mol. The number of hydrogen-bond acceptors (Lipinski definition) is 3. The minimum absolute atomic E-state index is 0.337. The normalized spacial score (nSPS) is 11.4. The molecule has 1 aromatic rings. The van der Waals surface area contributed by atoms with Gasteiger partial charge in [0.15, 0.2) is 0 Å². The van der Waals surface area contributed by atoms with Crippen molar-refractivity contribution in [2.24, 2.45) is 0 Å². The molecule has 0 bridgehead atoms. The molecule has 3 nitrogen and oxygen atoms in total. The third-order valence-electron chi connectivity index (χ3n) is 5.67. The Labute approximate surface area is 184 Å². The average molecular weight is 560 g/mol. The van der Waals surface area contributed by atoms with Gasteiger partial charge in [0.2, 0.25) is 0 Å². The van der Waals surface area contributed by atoms with Crippen molar-refractivity contribution in [3.63, 3.8) is 0 Å². The molecule has 1 rings (SSSR count). The molecule has 0 aliphatic carbocycles. The fraction of sp³-hybridized carbons (Fsp3) is 0.609. The molecule has 0 aliphatic rings. The zero-order chi connectivity index (χ0) is 21.2. The summed E-state index contributed by atoms with van der Waals surface area (Å²) in [5.41, 5.74) is 1.58. The second-order valence-electron chi connectivity index (χ2n) is 7.60. The van der Waals surface area contributed by atoms with Crippen LogP contribution in [0.25, 0.3) is 3.59 Å². The van der Waals surface area contributed by atoms with Crippen molar-refractivity contribution in [2.45, 2.75) is 72.6 Å². The van der Waals surface area contributed by atoms with E-state index in [0.717, 1.165) is 10.0 Å². The van der Waals surface area contributed by atoms with Gasteiger partial charge in [-0.3, -0.25) is 0 Å². The summed E-state index contributed by atoms with van der Waals surface area (Å²) in [5, 5.41) is 0. The second kappa shape index (κ2) is 12.9. The van der Waals surface area contributed by atoms with Crippen molar-refractivity contribution in [3.05, 3.63) is 34.3 Å². The van der Waals surface area contributed by atoms with Gasteiger partial charge in [0, 0.05) is 0 Å². The fourth-order valence-corrected chi connectivity index (χ4v) is 20.8. The van der Waals surface area contributed by atoms with Crippen LogP contribution < -0.4 is 4.74 Å². The molecule has 0 saturated carbocycles. The Balaban J connectivity index is 3.51. The van der Waals surface area contributed by atoms with Crippen molar-refractivity contribution >= 4 is 43.9 Å². The molecule has 0 aliphatic heterocycles. The molecule has 0 unspecified atom stereocenters. The van der Waals surface area contributed by atoms with Gasteiger partial charge in [-0.1, -0.05) is 0 Å². The Morgan fingerprint density at radius 2 is 1.50 bits per heavy atom. The van der Waals surface area contributed by atoms with E-state index in [1.54, 1.807) is 13.2 Å². The zero-order valence-electron chi connectivity index (χ0n) is 18.3.